The van der Waals surface area contributed by atoms with Gasteiger partial charge in [-0.15, -0.1) is 24.0 Å². The van der Waals surface area contributed by atoms with Gasteiger partial charge in [0.1, 0.15) is 0 Å². The van der Waals surface area contributed by atoms with Gasteiger partial charge in [0.25, 0.3) is 0 Å². The molecule has 8 nitrogen and oxygen atoms in total. The van der Waals surface area contributed by atoms with Crippen LogP contribution in [0, 0.1) is 0 Å². The molecule has 30 heavy (non-hydrogen) atoms. The van der Waals surface area contributed by atoms with Gasteiger partial charge in [-0.1, -0.05) is 24.3 Å². The van der Waals surface area contributed by atoms with Gasteiger partial charge in [0.05, 0.1) is 12.3 Å². The molecule has 0 unspecified atom stereocenters. The lowest BCUT2D eigenvalue weighted by Gasteiger charge is -2.36. The van der Waals surface area contributed by atoms with Crippen molar-refractivity contribution in [3.63, 3.8) is 0 Å². The number of halogens is 1. The fraction of sp³-hybridized carbons (Fsp3) is 0.450. The van der Waals surface area contributed by atoms with Gasteiger partial charge in [0.15, 0.2) is 15.8 Å². The minimum Gasteiger partial charge on any atom is -0.357 e. The molecule has 164 valence electrons. The molecule has 2 heterocycles. The monoisotopic (exact) mass is 544 g/mol. The second kappa shape index (κ2) is 11.4. The Labute approximate surface area is 195 Å². The minimum absolute atomic E-state index is 0. The van der Waals surface area contributed by atoms with E-state index in [1.807, 2.05) is 30.3 Å². The van der Waals surface area contributed by atoms with Gasteiger partial charge in [0, 0.05) is 51.4 Å². The van der Waals surface area contributed by atoms with Crippen LogP contribution in [0.25, 0.3) is 0 Å². The minimum atomic E-state index is -3.02. The van der Waals surface area contributed by atoms with Crippen molar-refractivity contribution in [3.05, 3.63) is 53.9 Å². The van der Waals surface area contributed by atoms with Crippen LogP contribution >= 0.6 is 24.0 Å². The van der Waals surface area contributed by atoms with Gasteiger partial charge in [-0.3, -0.25) is 0 Å². The summed E-state index contributed by atoms with van der Waals surface area (Å²) < 4.78 is 22.8. The summed E-state index contributed by atoms with van der Waals surface area (Å²) in [6, 6.07) is 9.43. The van der Waals surface area contributed by atoms with Crippen molar-refractivity contribution in [1.82, 2.24) is 20.2 Å². The zero-order valence-corrected chi connectivity index (χ0v) is 20.5. The Morgan fingerprint density at radius 2 is 1.67 bits per heavy atom. The van der Waals surface area contributed by atoms with Gasteiger partial charge in [0.2, 0.25) is 5.95 Å². The maximum absolute atomic E-state index is 11.4. The van der Waals surface area contributed by atoms with Crippen molar-refractivity contribution in [2.75, 3.05) is 43.9 Å². The average molecular weight is 544 g/mol. The topological polar surface area (TPSA) is 90.8 Å². The number of aromatic nitrogens is 2. The fourth-order valence-electron chi connectivity index (χ4n) is 3.21. The average Bonchev–Trinajstić information content (AvgIpc) is 2.72. The highest BCUT2D eigenvalue weighted by Crippen LogP contribution is 2.12. The first-order valence-corrected chi connectivity index (χ1v) is 11.8. The van der Waals surface area contributed by atoms with Crippen LogP contribution in [-0.4, -0.2) is 68.2 Å². The number of rotatable bonds is 6. The highest BCUT2D eigenvalue weighted by Gasteiger charge is 2.21. The largest absolute Gasteiger partial charge is 0.357 e. The Hall–Kier alpha value is -1.95. The van der Waals surface area contributed by atoms with Gasteiger partial charge >= 0.3 is 0 Å². The summed E-state index contributed by atoms with van der Waals surface area (Å²) in [5, 5.41) is 3.37. The number of guanidine groups is 1. The zero-order valence-electron chi connectivity index (χ0n) is 17.4. The molecule has 1 saturated heterocycles. The first-order valence-electron chi connectivity index (χ1n) is 9.75. The van der Waals surface area contributed by atoms with Crippen molar-refractivity contribution in [2.45, 2.75) is 19.2 Å². The molecule has 3 rings (SSSR count). The molecule has 2 aromatic rings. The van der Waals surface area contributed by atoms with Crippen molar-refractivity contribution in [3.8, 4) is 0 Å². The van der Waals surface area contributed by atoms with Crippen LogP contribution in [0.15, 0.2) is 47.7 Å². The molecular formula is C20H29IN6O2S. The summed E-state index contributed by atoms with van der Waals surface area (Å²) >= 11 is 0. The van der Waals surface area contributed by atoms with Crippen molar-refractivity contribution < 1.29 is 8.42 Å². The Bertz CT molecular complexity index is 914. The standard InChI is InChI=1S/C20H28N6O2S.HI/c1-3-21-19(24-15-17-5-7-18(8-6-17)16-29(2,27)28)25-11-13-26(14-12-25)20-22-9-4-10-23-20;/h4-10H,3,11-16H2,1-2H3,(H,21,24);1H. The predicted octanol–water partition coefficient (Wildman–Crippen LogP) is 1.93. The Morgan fingerprint density at radius 1 is 1.07 bits per heavy atom. The van der Waals surface area contributed by atoms with Crippen LogP contribution in [0.5, 0.6) is 0 Å². The number of hydrogen-bond acceptors (Lipinski definition) is 6. The van der Waals surface area contributed by atoms with Gasteiger partial charge in [-0.2, -0.15) is 0 Å². The van der Waals surface area contributed by atoms with E-state index >= 15 is 0 Å². The van der Waals surface area contributed by atoms with Gasteiger partial charge in [-0.05, 0) is 24.1 Å². The normalized spacial score (nSPS) is 14.9. The third-order valence-corrected chi connectivity index (χ3v) is 5.47. The summed E-state index contributed by atoms with van der Waals surface area (Å²) in [4.78, 5) is 17.9. The molecule has 1 N–H and O–H groups in total. The molecule has 0 radical (unpaired) electrons. The summed E-state index contributed by atoms with van der Waals surface area (Å²) in [7, 11) is -3.02. The molecule has 0 aliphatic carbocycles. The van der Waals surface area contributed by atoms with E-state index in [1.54, 1.807) is 12.4 Å². The Kier molecular flexibility index (Phi) is 9.28. The number of piperazine rings is 1. The highest BCUT2D eigenvalue weighted by molar-refractivity contribution is 14.0. The molecule has 0 bridgehead atoms. The van der Waals surface area contributed by atoms with E-state index in [1.165, 1.54) is 6.26 Å². The summed E-state index contributed by atoms with van der Waals surface area (Å²) in [5.41, 5.74) is 1.85. The van der Waals surface area contributed by atoms with Gasteiger partial charge in [-0.25, -0.2) is 23.4 Å². The molecule has 1 aromatic carbocycles. The van der Waals surface area contributed by atoms with Crippen LogP contribution in [0.3, 0.4) is 0 Å². The number of hydrogen-bond donors (Lipinski definition) is 1. The van der Waals surface area contributed by atoms with Crippen molar-refractivity contribution in [2.24, 2.45) is 4.99 Å². The number of nitrogens with zero attached hydrogens (tertiary/aromatic N) is 5. The van der Waals surface area contributed by atoms with E-state index in [4.69, 9.17) is 4.99 Å². The van der Waals surface area contributed by atoms with Crippen molar-refractivity contribution >= 4 is 45.7 Å². The van der Waals surface area contributed by atoms with E-state index in [0.717, 1.165) is 55.8 Å². The lowest BCUT2D eigenvalue weighted by molar-refractivity contribution is 0.370. The molecular weight excluding hydrogens is 515 g/mol. The summed E-state index contributed by atoms with van der Waals surface area (Å²) in [6.07, 6.45) is 4.78. The number of benzene rings is 1. The highest BCUT2D eigenvalue weighted by atomic mass is 127. The molecule has 1 aliphatic rings. The quantitative estimate of drug-likeness (QED) is 0.338. The smallest absolute Gasteiger partial charge is 0.225 e. The fourth-order valence-corrected chi connectivity index (χ4v) is 4.01. The van der Waals surface area contributed by atoms with Crippen molar-refractivity contribution in [1.29, 1.82) is 0 Å². The molecule has 1 aliphatic heterocycles. The molecule has 0 amide bonds. The summed E-state index contributed by atoms with van der Waals surface area (Å²) in [6.45, 7) is 6.78. The van der Waals surface area contributed by atoms with Crippen LogP contribution in [-0.2, 0) is 22.1 Å². The van der Waals surface area contributed by atoms with Gasteiger partial charge < -0.3 is 15.1 Å². The second-order valence-corrected chi connectivity index (χ2v) is 9.22. The molecule has 1 fully saturated rings. The van der Waals surface area contributed by atoms with Crippen LogP contribution in [0.2, 0.25) is 0 Å². The maximum atomic E-state index is 11.4. The predicted molar refractivity (Wildman–Crippen MR) is 131 cm³/mol. The lowest BCUT2D eigenvalue weighted by Crippen LogP contribution is -2.52. The third kappa shape index (κ3) is 7.38. The molecule has 1 aromatic heterocycles. The van der Waals surface area contributed by atoms with Crippen LogP contribution < -0.4 is 10.2 Å². The first-order chi connectivity index (χ1) is 13.9. The second-order valence-electron chi connectivity index (χ2n) is 7.08. The maximum Gasteiger partial charge on any atom is 0.225 e. The number of aliphatic imine (C=N–C) groups is 1. The van der Waals surface area contributed by atoms with E-state index < -0.39 is 9.84 Å². The first kappa shape index (κ1) is 24.3. The van der Waals surface area contributed by atoms with E-state index in [9.17, 15) is 8.42 Å². The van der Waals surface area contributed by atoms with E-state index in [2.05, 4.69) is 32.0 Å². The molecule has 0 saturated carbocycles. The zero-order chi connectivity index (χ0) is 20.7. The SMILES string of the molecule is CCNC(=NCc1ccc(CS(C)(=O)=O)cc1)N1CCN(c2ncccn2)CC1.I. The van der Waals surface area contributed by atoms with E-state index in [-0.39, 0.29) is 29.7 Å². The van der Waals surface area contributed by atoms with E-state index in [0.29, 0.717) is 6.54 Å². The number of nitrogens with one attached hydrogen (secondary N) is 1. The lowest BCUT2D eigenvalue weighted by atomic mass is 10.1. The number of anilines is 1. The molecule has 0 spiro atoms. The van der Waals surface area contributed by atoms with Crippen LogP contribution in [0.4, 0.5) is 5.95 Å². The Morgan fingerprint density at radius 3 is 2.23 bits per heavy atom. The summed E-state index contributed by atoms with van der Waals surface area (Å²) in [5.74, 6) is 1.72. The number of sulfone groups is 1. The molecule has 0 atom stereocenters. The Balaban J connectivity index is 0.00000320. The van der Waals surface area contributed by atoms with Crippen LogP contribution in [0.1, 0.15) is 18.1 Å². The molecule has 10 heteroatoms. The third-order valence-electron chi connectivity index (χ3n) is 4.61.